The molecule has 0 atom stereocenters. The molecule has 6 nitrogen and oxygen atoms in total. The number of aliphatic hydroxyl groups is 2. The van der Waals surface area contributed by atoms with Crippen LogP contribution < -0.4 is 18.9 Å². The number of benzene rings is 2. The lowest BCUT2D eigenvalue weighted by Gasteiger charge is -2.31. The summed E-state index contributed by atoms with van der Waals surface area (Å²) >= 11 is 0. The van der Waals surface area contributed by atoms with E-state index in [-0.39, 0.29) is 13.0 Å². The highest BCUT2D eigenvalue weighted by molar-refractivity contribution is 5.53. The molecule has 0 amide bonds. The van der Waals surface area contributed by atoms with Crippen molar-refractivity contribution in [1.29, 1.82) is 0 Å². The van der Waals surface area contributed by atoms with E-state index < -0.39 is 5.60 Å². The number of ether oxygens (including phenoxy) is 4. The quantitative estimate of drug-likeness (QED) is 0.762. The molecule has 0 aliphatic carbocycles. The van der Waals surface area contributed by atoms with Crippen molar-refractivity contribution in [3.63, 3.8) is 0 Å². The minimum absolute atomic E-state index is 0.0678. The normalized spacial score (nSPS) is 11.1. The second-order valence-electron chi connectivity index (χ2n) is 5.47. The first-order valence-electron chi connectivity index (χ1n) is 7.82. The second kappa shape index (κ2) is 8.09. The van der Waals surface area contributed by atoms with Gasteiger partial charge in [0.1, 0.15) is 28.6 Å². The molecule has 25 heavy (non-hydrogen) atoms. The second-order valence-corrected chi connectivity index (χ2v) is 5.47. The number of rotatable bonds is 8. The van der Waals surface area contributed by atoms with Crippen molar-refractivity contribution in [2.75, 3.05) is 35.0 Å². The van der Waals surface area contributed by atoms with E-state index in [9.17, 15) is 10.2 Å². The average molecular weight is 348 g/mol. The van der Waals surface area contributed by atoms with Crippen molar-refractivity contribution >= 4 is 0 Å². The molecule has 0 heterocycles. The van der Waals surface area contributed by atoms with Crippen LogP contribution in [0.5, 0.6) is 23.0 Å². The molecule has 6 heteroatoms. The molecule has 0 unspecified atom stereocenters. The average Bonchev–Trinajstić information content (AvgIpc) is 2.66. The van der Waals surface area contributed by atoms with Crippen LogP contribution >= 0.6 is 0 Å². The summed E-state index contributed by atoms with van der Waals surface area (Å²) in [5.41, 5.74) is -0.495. The van der Waals surface area contributed by atoms with Crippen molar-refractivity contribution in [3.8, 4) is 23.0 Å². The minimum atomic E-state index is -1.51. The van der Waals surface area contributed by atoms with Gasteiger partial charge in [-0.25, -0.2) is 0 Å². The van der Waals surface area contributed by atoms with Crippen LogP contribution in [0.4, 0.5) is 0 Å². The Morgan fingerprint density at radius 3 is 1.52 bits per heavy atom. The van der Waals surface area contributed by atoms with E-state index in [1.54, 1.807) is 50.6 Å². The molecule has 0 bridgehead atoms. The van der Waals surface area contributed by atoms with Crippen LogP contribution in [0.3, 0.4) is 0 Å². The predicted molar refractivity (Wildman–Crippen MR) is 93.8 cm³/mol. The first kappa shape index (κ1) is 18.9. The predicted octanol–water partition coefficient (Wildman–Crippen LogP) is 2.34. The van der Waals surface area contributed by atoms with Crippen LogP contribution in [0, 0.1) is 0 Å². The Morgan fingerprint density at radius 2 is 1.20 bits per heavy atom. The highest BCUT2D eigenvalue weighted by atomic mass is 16.5. The highest BCUT2D eigenvalue weighted by Gasteiger charge is 2.37. The van der Waals surface area contributed by atoms with E-state index in [0.29, 0.717) is 34.1 Å². The zero-order valence-electron chi connectivity index (χ0n) is 14.9. The Kier molecular flexibility index (Phi) is 6.12. The maximum Gasteiger partial charge on any atom is 0.129 e. The molecule has 0 radical (unpaired) electrons. The Bertz CT molecular complexity index is 658. The van der Waals surface area contributed by atoms with E-state index in [4.69, 9.17) is 18.9 Å². The lowest BCUT2D eigenvalue weighted by molar-refractivity contribution is 0.0463. The van der Waals surface area contributed by atoms with E-state index in [1.165, 1.54) is 14.2 Å². The summed E-state index contributed by atoms with van der Waals surface area (Å²) in [7, 11) is 6.15. The fourth-order valence-corrected chi connectivity index (χ4v) is 2.86. The fourth-order valence-electron chi connectivity index (χ4n) is 2.86. The van der Waals surface area contributed by atoms with Crippen LogP contribution in [-0.2, 0) is 5.60 Å². The number of hydrogen-bond acceptors (Lipinski definition) is 6. The number of hydrogen-bond donors (Lipinski definition) is 2. The zero-order valence-corrected chi connectivity index (χ0v) is 14.9. The van der Waals surface area contributed by atoms with Crippen LogP contribution in [-0.4, -0.2) is 45.3 Å². The Balaban J connectivity index is 2.67. The van der Waals surface area contributed by atoms with Gasteiger partial charge in [0.05, 0.1) is 28.4 Å². The molecule has 2 rings (SSSR count). The van der Waals surface area contributed by atoms with Crippen LogP contribution in [0.1, 0.15) is 17.5 Å². The summed E-state index contributed by atoms with van der Waals surface area (Å²) in [6.07, 6.45) is 0.0678. The fraction of sp³-hybridized carbons (Fsp3) is 0.368. The summed E-state index contributed by atoms with van der Waals surface area (Å²) in [5, 5.41) is 21.1. The monoisotopic (exact) mass is 348 g/mol. The van der Waals surface area contributed by atoms with Crippen molar-refractivity contribution in [3.05, 3.63) is 47.5 Å². The maximum atomic E-state index is 11.5. The van der Waals surface area contributed by atoms with Gasteiger partial charge >= 0.3 is 0 Å². The van der Waals surface area contributed by atoms with E-state index in [0.717, 1.165) is 0 Å². The molecule has 2 aromatic rings. The van der Waals surface area contributed by atoms with Gasteiger partial charge in [-0.05, 0) is 24.3 Å². The molecular formula is C19H24O6. The smallest absolute Gasteiger partial charge is 0.129 e. The maximum absolute atomic E-state index is 11.5. The molecule has 0 spiro atoms. The zero-order chi connectivity index (χ0) is 18.4. The largest absolute Gasteiger partial charge is 0.497 e. The summed E-state index contributed by atoms with van der Waals surface area (Å²) in [4.78, 5) is 0. The molecule has 2 N–H and O–H groups in total. The first-order valence-corrected chi connectivity index (χ1v) is 7.82. The molecule has 2 aromatic carbocycles. The van der Waals surface area contributed by atoms with Gasteiger partial charge in [0.15, 0.2) is 0 Å². The lowest BCUT2D eigenvalue weighted by Crippen LogP contribution is -2.30. The molecule has 0 saturated heterocycles. The van der Waals surface area contributed by atoms with Crippen LogP contribution in [0.15, 0.2) is 36.4 Å². The van der Waals surface area contributed by atoms with E-state index in [2.05, 4.69) is 0 Å². The standard InChI is InChI=1S/C19H24O6/c1-22-13-5-7-15(17(11-13)24-3)19(21,9-10-20)16-8-6-14(23-2)12-18(16)25-4/h5-8,11-12,20-21H,9-10H2,1-4H3. The van der Waals surface area contributed by atoms with E-state index >= 15 is 0 Å². The van der Waals surface area contributed by atoms with Gasteiger partial charge in [-0.2, -0.15) is 0 Å². The van der Waals surface area contributed by atoms with Gasteiger partial charge in [-0.3, -0.25) is 0 Å². The molecule has 136 valence electrons. The Hall–Kier alpha value is -2.44. The first-order chi connectivity index (χ1) is 12.0. The third-order valence-electron chi connectivity index (χ3n) is 4.18. The van der Waals surface area contributed by atoms with Gasteiger partial charge in [-0.1, -0.05) is 0 Å². The van der Waals surface area contributed by atoms with Crippen molar-refractivity contribution in [1.82, 2.24) is 0 Å². The molecule has 0 aliphatic heterocycles. The molecule has 0 aliphatic rings. The SMILES string of the molecule is COc1ccc(C(O)(CCO)c2ccc(OC)cc2OC)c(OC)c1. The van der Waals surface area contributed by atoms with Crippen LogP contribution in [0.25, 0.3) is 0 Å². The Labute approximate surface area is 147 Å². The summed E-state index contributed by atoms with van der Waals surface area (Å²) in [6.45, 7) is -0.221. The summed E-state index contributed by atoms with van der Waals surface area (Å²) in [6, 6.07) is 10.3. The van der Waals surface area contributed by atoms with Crippen molar-refractivity contribution in [2.24, 2.45) is 0 Å². The molecule has 0 fully saturated rings. The number of methoxy groups -OCH3 is 4. The lowest BCUT2D eigenvalue weighted by atomic mass is 9.82. The van der Waals surface area contributed by atoms with Gasteiger partial charge in [-0.15, -0.1) is 0 Å². The molecule has 0 aromatic heterocycles. The topological polar surface area (TPSA) is 77.4 Å². The van der Waals surface area contributed by atoms with Gasteiger partial charge in [0, 0.05) is 36.3 Å². The number of aliphatic hydroxyl groups excluding tert-OH is 1. The summed E-state index contributed by atoms with van der Waals surface area (Å²) < 4.78 is 21.3. The van der Waals surface area contributed by atoms with Gasteiger partial charge < -0.3 is 29.2 Å². The van der Waals surface area contributed by atoms with Gasteiger partial charge in [0.2, 0.25) is 0 Å². The molecular weight excluding hydrogens is 324 g/mol. The molecule has 0 saturated carbocycles. The summed E-state index contributed by atoms with van der Waals surface area (Å²) in [5.74, 6) is 2.11. The minimum Gasteiger partial charge on any atom is -0.497 e. The Morgan fingerprint density at radius 1 is 0.760 bits per heavy atom. The van der Waals surface area contributed by atoms with E-state index in [1.807, 2.05) is 0 Å². The van der Waals surface area contributed by atoms with Crippen molar-refractivity contribution < 1.29 is 29.2 Å². The highest BCUT2D eigenvalue weighted by Crippen LogP contribution is 2.44. The third kappa shape index (κ3) is 3.65. The van der Waals surface area contributed by atoms with Crippen molar-refractivity contribution in [2.45, 2.75) is 12.0 Å². The van der Waals surface area contributed by atoms with Crippen LogP contribution in [0.2, 0.25) is 0 Å². The third-order valence-corrected chi connectivity index (χ3v) is 4.18. The van der Waals surface area contributed by atoms with Gasteiger partial charge in [0.25, 0.3) is 0 Å².